The minimum Gasteiger partial charge on any atom is -0.369 e. The van der Waals surface area contributed by atoms with Crippen molar-refractivity contribution in [1.29, 1.82) is 0 Å². The van der Waals surface area contributed by atoms with Crippen molar-refractivity contribution >= 4 is 29.4 Å². The number of fused-ring (bicyclic) bond motifs is 1. The van der Waals surface area contributed by atoms with Gasteiger partial charge in [-0.2, -0.15) is 0 Å². The Morgan fingerprint density at radius 3 is 2.86 bits per heavy atom. The molecule has 0 bridgehead atoms. The molecule has 0 radical (unpaired) electrons. The van der Waals surface area contributed by atoms with Crippen molar-refractivity contribution in [2.75, 3.05) is 5.75 Å². The average Bonchev–Trinajstić information content (AvgIpc) is 2.87. The van der Waals surface area contributed by atoms with E-state index in [1.807, 2.05) is 30.3 Å². The van der Waals surface area contributed by atoms with Gasteiger partial charge in [0.25, 0.3) is 5.56 Å². The number of hydrogen-bond acceptors (Lipinski definition) is 5. The number of primary amides is 1. The van der Waals surface area contributed by atoms with Crippen LogP contribution in [0.5, 0.6) is 0 Å². The van der Waals surface area contributed by atoms with Gasteiger partial charge in [-0.1, -0.05) is 36.9 Å². The van der Waals surface area contributed by atoms with Gasteiger partial charge in [-0.25, -0.2) is 4.98 Å². The summed E-state index contributed by atoms with van der Waals surface area (Å²) in [6.07, 6.45) is 0.773. The first kappa shape index (κ1) is 15.2. The lowest BCUT2D eigenvalue weighted by Gasteiger charge is -2.13. The van der Waals surface area contributed by atoms with Crippen LogP contribution in [0, 0.1) is 0 Å². The lowest BCUT2D eigenvalue weighted by Crippen LogP contribution is -2.24. The molecule has 0 saturated heterocycles. The van der Waals surface area contributed by atoms with Crippen LogP contribution in [0.2, 0.25) is 0 Å². The number of nitrogens with two attached hydrogens (primary N) is 1. The van der Waals surface area contributed by atoms with Gasteiger partial charge in [0.05, 0.1) is 22.0 Å². The zero-order valence-electron chi connectivity index (χ0n) is 12.0. The van der Waals surface area contributed by atoms with E-state index < -0.39 is 5.91 Å². The van der Waals surface area contributed by atoms with Crippen LogP contribution in [-0.2, 0) is 11.2 Å². The molecule has 0 fully saturated rings. The van der Waals surface area contributed by atoms with Crippen LogP contribution < -0.4 is 11.3 Å². The van der Waals surface area contributed by atoms with Crippen molar-refractivity contribution in [2.45, 2.75) is 28.6 Å². The summed E-state index contributed by atoms with van der Waals surface area (Å²) in [5.74, 6) is -0.331. The van der Waals surface area contributed by atoms with Crippen LogP contribution in [0.4, 0.5) is 0 Å². The third-order valence-corrected chi connectivity index (χ3v) is 5.41. The van der Waals surface area contributed by atoms with Crippen LogP contribution in [0.25, 0.3) is 5.69 Å². The van der Waals surface area contributed by atoms with E-state index in [1.165, 1.54) is 11.8 Å². The molecule has 2 aromatic rings. The summed E-state index contributed by atoms with van der Waals surface area (Å²) in [7, 11) is 0. The first-order chi connectivity index (χ1) is 10.6. The van der Waals surface area contributed by atoms with Crippen molar-refractivity contribution in [3.05, 3.63) is 46.4 Å². The first-order valence-corrected chi connectivity index (χ1v) is 8.72. The largest absolute Gasteiger partial charge is 0.369 e. The van der Waals surface area contributed by atoms with Gasteiger partial charge in [-0.05, 0) is 12.1 Å². The van der Waals surface area contributed by atoms with E-state index in [-0.39, 0.29) is 11.3 Å². The van der Waals surface area contributed by atoms with Crippen LogP contribution in [-0.4, -0.2) is 26.5 Å². The predicted octanol–water partition coefficient (Wildman–Crippen LogP) is 1.85. The van der Waals surface area contributed by atoms with E-state index in [0.717, 1.165) is 17.8 Å². The molecule has 1 unspecified atom stereocenters. The van der Waals surface area contributed by atoms with Gasteiger partial charge in [-0.3, -0.25) is 14.2 Å². The standard InChI is InChI=1S/C15H15N3O2S2/c1-9-7-11-13(22-9)14(20)18(10-5-3-2-4-6-10)15(17-11)21-8-12(16)19/h2-6,9H,7-8H2,1H3,(H2,16,19). The van der Waals surface area contributed by atoms with E-state index in [2.05, 4.69) is 11.9 Å². The Morgan fingerprint density at radius 2 is 2.18 bits per heavy atom. The number of amides is 1. The predicted molar refractivity (Wildman–Crippen MR) is 88.8 cm³/mol. The maximum atomic E-state index is 12.8. The first-order valence-electron chi connectivity index (χ1n) is 6.85. The van der Waals surface area contributed by atoms with Crippen molar-refractivity contribution < 1.29 is 4.79 Å². The van der Waals surface area contributed by atoms with E-state index in [0.29, 0.717) is 15.3 Å². The smallest absolute Gasteiger partial charge is 0.272 e. The molecule has 2 N–H and O–H groups in total. The fourth-order valence-electron chi connectivity index (χ4n) is 2.34. The fraction of sp³-hybridized carbons (Fsp3) is 0.267. The molecule has 1 amide bonds. The molecule has 2 heterocycles. The summed E-state index contributed by atoms with van der Waals surface area (Å²) >= 11 is 2.76. The lowest BCUT2D eigenvalue weighted by atomic mass is 10.2. The Balaban J connectivity index is 2.15. The van der Waals surface area contributed by atoms with Gasteiger partial charge in [0.15, 0.2) is 5.16 Å². The van der Waals surface area contributed by atoms with E-state index >= 15 is 0 Å². The molecule has 7 heteroatoms. The summed E-state index contributed by atoms with van der Waals surface area (Å²) in [4.78, 5) is 29.2. The maximum absolute atomic E-state index is 12.8. The Kier molecular flexibility index (Phi) is 4.26. The van der Waals surface area contributed by atoms with Crippen LogP contribution in [0.1, 0.15) is 12.6 Å². The molecule has 1 aromatic carbocycles. The molecular formula is C15H15N3O2S2. The van der Waals surface area contributed by atoms with Crippen molar-refractivity contribution in [2.24, 2.45) is 5.73 Å². The van der Waals surface area contributed by atoms with Crippen LogP contribution >= 0.6 is 23.5 Å². The van der Waals surface area contributed by atoms with Crippen molar-refractivity contribution in [3.8, 4) is 5.69 Å². The topological polar surface area (TPSA) is 78.0 Å². The van der Waals surface area contributed by atoms with E-state index in [4.69, 9.17) is 5.73 Å². The number of para-hydroxylation sites is 1. The number of nitrogens with zero attached hydrogens (tertiary/aromatic N) is 2. The van der Waals surface area contributed by atoms with Gasteiger partial charge < -0.3 is 5.73 Å². The minimum atomic E-state index is -0.429. The molecule has 1 atom stereocenters. The molecule has 0 aliphatic carbocycles. The Morgan fingerprint density at radius 1 is 1.45 bits per heavy atom. The molecule has 3 rings (SSSR count). The SMILES string of the molecule is CC1Cc2nc(SCC(N)=O)n(-c3ccccc3)c(=O)c2S1. The molecular weight excluding hydrogens is 318 g/mol. The molecule has 114 valence electrons. The quantitative estimate of drug-likeness (QED) is 0.682. The molecule has 22 heavy (non-hydrogen) atoms. The lowest BCUT2D eigenvalue weighted by molar-refractivity contribution is -0.115. The summed E-state index contributed by atoms with van der Waals surface area (Å²) < 4.78 is 1.57. The number of thioether (sulfide) groups is 2. The zero-order chi connectivity index (χ0) is 15.7. The monoisotopic (exact) mass is 333 g/mol. The summed E-state index contributed by atoms with van der Waals surface area (Å²) in [5.41, 5.74) is 6.72. The second-order valence-corrected chi connectivity index (χ2v) is 7.43. The summed E-state index contributed by atoms with van der Waals surface area (Å²) in [6.45, 7) is 2.08. The number of carbonyl (C=O) groups is 1. The highest BCUT2D eigenvalue weighted by Gasteiger charge is 2.26. The third-order valence-electron chi connectivity index (χ3n) is 3.24. The normalized spacial score (nSPS) is 16.5. The number of hydrogen-bond donors (Lipinski definition) is 1. The summed E-state index contributed by atoms with van der Waals surface area (Å²) in [6, 6.07) is 9.34. The second-order valence-electron chi connectivity index (χ2n) is 5.03. The highest BCUT2D eigenvalue weighted by atomic mass is 32.2. The molecule has 0 saturated carbocycles. The van der Waals surface area contributed by atoms with Crippen LogP contribution in [0.15, 0.2) is 45.2 Å². The highest BCUT2D eigenvalue weighted by Crippen LogP contribution is 2.34. The number of rotatable bonds is 4. The zero-order valence-corrected chi connectivity index (χ0v) is 13.6. The van der Waals surface area contributed by atoms with Crippen LogP contribution in [0.3, 0.4) is 0 Å². The Bertz CT molecular complexity index is 774. The van der Waals surface area contributed by atoms with Crippen molar-refractivity contribution in [1.82, 2.24) is 9.55 Å². The molecule has 5 nitrogen and oxygen atoms in total. The average molecular weight is 333 g/mol. The van der Waals surface area contributed by atoms with Gasteiger partial charge in [-0.15, -0.1) is 11.8 Å². The summed E-state index contributed by atoms with van der Waals surface area (Å²) in [5, 5.41) is 0.860. The van der Waals surface area contributed by atoms with Gasteiger partial charge >= 0.3 is 0 Å². The second kappa shape index (κ2) is 6.18. The molecule has 0 spiro atoms. The maximum Gasteiger partial charge on any atom is 0.272 e. The van der Waals surface area contributed by atoms with E-state index in [9.17, 15) is 9.59 Å². The van der Waals surface area contributed by atoms with Gasteiger partial charge in [0.2, 0.25) is 5.91 Å². The number of carbonyl (C=O) groups excluding carboxylic acids is 1. The Hall–Kier alpha value is -1.73. The molecule has 1 aliphatic heterocycles. The van der Waals surface area contributed by atoms with Gasteiger partial charge in [0.1, 0.15) is 0 Å². The van der Waals surface area contributed by atoms with Crippen molar-refractivity contribution in [3.63, 3.8) is 0 Å². The number of benzene rings is 1. The molecule has 1 aromatic heterocycles. The van der Waals surface area contributed by atoms with E-state index in [1.54, 1.807) is 16.3 Å². The Labute approximate surface area is 136 Å². The van der Waals surface area contributed by atoms with Gasteiger partial charge in [0, 0.05) is 11.7 Å². The minimum absolute atomic E-state index is 0.0717. The third kappa shape index (κ3) is 2.91. The molecule has 1 aliphatic rings. The highest BCUT2D eigenvalue weighted by molar-refractivity contribution is 8.00. The fourth-order valence-corrected chi connectivity index (χ4v) is 4.20. The number of aromatic nitrogens is 2.